The van der Waals surface area contributed by atoms with Crippen molar-refractivity contribution < 1.29 is 19.1 Å². The molecule has 0 unspecified atom stereocenters. The van der Waals surface area contributed by atoms with E-state index in [1.807, 2.05) is 0 Å². The Labute approximate surface area is 103 Å². The lowest BCUT2D eigenvalue weighted by atomic mass is 10.1. The lowest BCUT2D eigenvalue weighted by Gasteiger charge is -2.11. The first-order valence-corrected chi connectivity index (χ1v) is 5.26. The number of rotatable bonds is 5. The van der Waals surface area contributed by atoms with Gasteiger partial charge in [0.2, 0.25) is 5.92 Å². The Hall–Kier alpha value is -2.32. The first kappa shape index (κ1) is 13.7. The van der Waals surface area contributed by atoms with Gasteiger partial charge in [-0.1, -0.05) is 0 Å². The molecule has 0 amide bonds. The minimum absolute atomic E-state index is 0.116. The summed E-state index contributed by atoms with van der Waals surface area (Å²) in [7, 11) is 0. The number of esters is 2. The van der Waals surface area contributed by atoms with Gasteiger partial charge in [0.05, 0.1) is 13.2 Å². The lowest BCUT2D eigenvalue weighted by molar-refractivity contribution is -0.157. The Morgan fingerprint density at radius 2 is 1.50 bits per heavy atom. The predicted molar refractivity (Wildman–Crippen MR) is 58.0 cm³/mol. The lowest BCUT2D eigenvalue weighted by Crippen LogP contribution is -2.28. The maximum absolute atomic E-state index is 11.7. The van der Waals surface area contributed by atoms with Crippen LogP contribution in [0, 0.1) is 0 Å². The second-order valence-electron chi connectivity index (χ2n) is 3.05. The van der Waals surface area contributed by atoms with Crippen molar-refractivity contribution in [2.45, 2.75) is 19.8 Å². The Morgan fingerprint density at radius 1 is 1.06 bits per heavy atom. The Balaban J connectivity index is 2.99. The van der Waals surface area contributed by atoms with Crippen molar-refractivity contribution in [3.8, 4) is 0 Å². The van der Waals surface area contributed by atoms with Gasteiger partial charge in [-0.3, -0.25) is 9.59 Å². The third-order valence-electron chi connectivity index (χ3n) is 1.81. The second kappa shape index (κ2) is 6.42. The highest BCUT2D eigenvalue weighted by atomic mass is 16.6. The molecule has 2 N–H and O–H groups in total. The molecule has 0 radical (unpaired) electrons. The molecule has 9 nitrogen and oxygen atoms in total. The van der Waals surface area contributed by atoms with Gasteiger partial charge in [0.25, 0.3) is 5.95 Å². The Bertz CT molecular complexity index is 403. The third-order valence-corrected chi connectivity index (χ3v) is 1.81. The largest absolute Gasteiger partial charge is 0.465 e. The highest BCUT2D eigenvalue weighted by Gasteiger charge is 2.35. The molecule has 0 fully saturated rings. The fourth-order valence-electron chi connectivity index (χ4n) is 1.12. The van der Waals surface area contributed by atoms with Gasteiger partial charge < -0.3 is 15.2 Å². The maximum atomic E-state index is 11.7. The molecule has 0 atom stereocenters. The minimum Gasteiger partial charge on any atom is -0.465 e. The zero-order chi connectivity index (χ0) is 13.5. The quantitative estimate of drug-likeness (QED) is 0.523. The van der Waals surface area contributed by atoms with E-state index in [1.165, 1.54) is 0 Å². The van der Waals surface area contributed by atoms with E-state index >= 15 is 0 Å². The minimum atomic E-state index is -1.40. The zero-order valence-corrected chi connectivity index (χ0v) is 9.99. The monoisotopic (exact) mass is 255 g/mol. The number of nitrogen functional groups attached to an aromatic ring is 1. The molecule has 0 saturated heterocycles. The van der Waals surface area contributed by atoms with E-state index in [4.69, 9.17) is 15.2 Å². The van der Waals surface area contributed by atoms with E-state index in [2.05, 4.69) is 20.4 Å². The predicted octanol–water partition coefficient (Wildman–Crippen LogP) is -0.941. The van der Waals surface area contributed by atoms with Crippen molar-refractivity contribution in [3.05, 3.63) is 5.82 Å². The van der Waals surface area contributed by atoms with Crippen molar-refractivity contribution in [2.24, 2.45) is 0 Å². The standard InChI is InChI=1S/C9H13N5O4/c1-3-17-7(15)5(8(16)18-4-2)6-11-13-9(10)14-12-6/h5H,3-4H2,1-2H3,(H2,10,13,14). The molecular formula is C9H13N5O4. The molecule has 0 aliphatic heterocycles. The second-order valence-corrected chi connectivity index (χ2v) is 3.05. The molecule has 0 saturated carbocycles. The first-order chi connectivity index (χ1) is 8.60. The van der Waals surface area contributed by atoms with Crippen LogP contribution in [0.25, 0.3) is 0 Å². The van der Waals surface area contributed by atoms with Gasteiger partial charge in [0.1, 0.15) is 0 Å². The summed E-state index contributed by atoms with van der Waals surface area (Å²) in [5.74, 6) is -3.40. The number of anilines is 1. The van der Waals surface area contributed by atoms with E-state index in [0.717, 1.165) is 0 Å². The van der Waals surface area contributed by atoms with Gasteiger partial charge >= 0.3 is 11.9 Å². The van der Waals surface area contributed by atoms with Crippen molar-refractivity contribution in [2.75, 3.05) is 18.9 Å². The number of nitrogens with two attached hydrogens (primary N) is 1. The fourth-order valence-corrected chi connectivity index (χ4v) is 1.12. The van der Waals surface area contributed by atoms with E-state index in [9.17, 15) is 9.59 Å². The van der Waals surface area contributed by atoms with E-state index in [1.54, 1.807) is 13.8 Å². The molecule has 1 rings (SSSR count). The SMILES string of the molecule is CCOC(=O)C(C(=O)OCC)c1nnc(N)nn1. The van der Waals surface area contributed by atoms with Crippen LogP contribution in [0.4, 0.5) is 5.95 Å². The van der Waals surface area contributed by atoms with Gasteiger partial charge in [-0.15, -0.1) is 20.4 Å². The maximum Gasteiger partial charge on any atom is 0.328 e. The molecule has 0 aliphatic rings. The molecule has 9 heteroatoms. The van der Waals surface area contributed by atoms with Crippen LogP contribution in [-0.2, 0) is 19.1 Å². The van der Waals surface area contributed by atoms with Crippen LogP contribution >= 0.6 is 0 Å². The smallest absolute Gasteiger partial charge is 0.328 e. The average molecular weight is 255 g/mol. The van der Waals surface area contributed by atoms with Gasteiger partial charge in [-0.05, 0) is 13.8 Å². The van der Waals surface area contributed by atoms with Crippen LogP contribution in [0.15, 0.2) is 0 Å². The highest BCUT2D eigenvalue weighted by Crippen LogP contribution is 2.14. The molecule has 1 heterocycles. The number of ether oxygens (including phenoxy) is 2. The molecule has 18 heavy (non-hydrogen) atoms. The Kier molecular flexibility index (Phi) is 4.90. The molecular weight excluding hydrogens is 242 g/mol. The van der Waals surface area contributed by atoms with Crippen molar-refractivity contribution in [3.63, 3.8) is 0 Å². The van der Waals surface area contributed by atoms with E-state index in [0.29, 0.717) is 0 Å². The topological polar surface area (TPSA) is 130 Å². The number of nitrogens with zero attached hydrogens (tertiary/aromatic N) is 4. The summed E-state index contributed by atoms with van der Waals surface area (Å²) >= 11 is 0. The van der Waals surface area contributed by atoms with Gasteiger partial charge in [0.15, 0.2) is 5.82 Å². The molecule has 98 valence electrons. The number of aromatic nitrogens is 4. The van der Waals surface area contributed by atoms with Crippen molar-refractivity contribution in [1.29, 1.82) is 0 Å². The van der Waals surface area contributed by atoms with Gasteiger partial charge in [-0.2, -0.15) is 0 Å². The molecule has 0 bridgehead atoms. The summed E-state index contributed by atoms with van der Waals surface area (Å²) in [4.78, 5) is 23.3. The number of carbonyl (C=O) groups excluding carboxylic acids is 2. The molecule has 0 aromatic carbocycles. The van der Waals surface area contributed by atoms with Crippen LogP contribution in [0.5, 0.6) is 0 Å². The van der Waals surface area contributed by atoms with Crippen molar-refractivity contribution >= 4 is 17.9 Å². The third kappa shape index (κ3) is 3.34. The van der Waals surface area contributed by atoms with Gasteiger partial charge in [0, 0.05) is 0 Å². The summed E-state index contributed by atoms with van der Waals surface area (Å²) in [6.45, 7) is 3.45. The number of carbonyl (C=O) groups is 2. The van der Waals surface area contributed by atoms with E-state index < -0.39 is 17.9 Å². The highest BCUT2D eigenvalue weighted by molar-refractivity contribution is 5.99. The van der Waals surface area contributed by atoms with Crippen molar-refractivity contribution in [1.82, 2.24) is 20.4 Å². The van der Waals surface area contributed by atoms with E-state index in [-0.39, 0.29) is 25.0 Å². The summed E-state index contributed by atoms with van der Waals surface area (Å²) in [6.07, 6.45) is 0. The zero-order valence-electron chi connectivity index (χ0n) is 9.99. The molecule has 0 aliphatic carbocycles. The van der Waals surface area contributed by atoms with Crippen LogP contribution in [0.3, 0.4) is 0 Å². The number of hydrogen-bond acceptors (Lipinski definition) is 9. The summed E-state index contributed by atoms with van der Waals surface area (Å²) in [5.41, 5.74) is 5.22. The van der Waals surface area contributed by atoms with Crippen LogP contribution < -0.4 is 5.73 Å². The molecule has 0 spiro atoms. The molecule has 1 aromatic heterocycles. The van der Waals surface area contributed by atoms with Crippen LogP contribution in [0.2, 0.25) is 0 Å². The average Bonchev–Trinajstić information content (AvgIpc) is 2.33. The summed E-state index contributed by atoms with van der Waals surface area (Å²) in [5, 5.41) is 13.9. The summed E-state index contributed by atoms with van der Waals surface area (Å²) < 4.78 is 9.50. The summed E-state index contributed by atoms with van der Waals surface area (Å²) in [6, 6.07) is 0. The van der Waals surface area contributed by atoms with Crippen LogP contribution in [-0.4, -0.2) is 45.5 Å². The first-order valence-electron chi connectivity index (χ1n) is 5.26. The van der Waals surface area contributed by atoms with Gasteiger partial charge in [-0.25, -0.2) is 0 Å². The fraction of sp³-hybridized carbons (Fsp3) is 0.556. The number of hydrogen-bond donors (Lipinski definition) is 1. The Morgan fingerprint density at radius 3 is 1.89 bits per heavy atom. The normalized spacial score (nSPS) is 10.2. The van der Waals surface area contributed by atoms with Crippen LogP contribution in [0.1, 0.15) is 25.6 Å². The molecule has 1 aromatic rings.